The number of hydrogen-bond donors (Lipinski definition) is 2. The monoisotopic (exact) mass is 598 g/mol. The number of fused-ring (bicyclic) bond motifs is 4. The Morgan fingerprint density at radius 3 is 2.50 bits per heavy atom. The number of aromatic nitrogens is 4. The lowest BCUT2D eigenvalue weighted by molar-refractivity contribution is 0.0700. The van der Waals surface area contributed by atoms with Crippen LogP contribution in [0.15, 0.2) is 42.5 Å². The van der Waals surface area contributed by atoms with Crippen molar-refractivity contribution in [3.63, 3.8) is 0 Å². The van der Waals surface area contributed by atoms with E-state index in [1.807, 2.05) is 28.6 Å². The van der Waals surface area contributed by atoms with Gasteiger partial charge in [-0.2, -0.15) is 0 Å². The molecule has 11 heteroatoms. The minimum absolute atomic E-state index is 0.0237. The number of aromatic hydroxyl groups is 1. The minimum atomic E-state index is -0.883. The summed E-state index contributed by atoms with van der Waals surface area (Å²) in [7, 11) is 3.49. The minimum Gasteiger partial charge on any atom is -0.508 e. The van der Waals surface area contributed by atoms with Crippen molar-refractivity contribution < 1.29 is 23.4 Å². The van der Waals surface area contributed by atoms with E-state index in [2.05, 4.69) is 4.57 Å². The average Bonchev–Trinajstić information content (AvgIpc) is 3.40. The normalized spacial score (nSPS) is 21.2. The van der Waals surface area contributed by atoms with Crippen molar-refractivity contribution in [2.75, 3.05) is 13.7 Å². The SMILES string of the molecule is COc1cc(C(=O)N2CC3CCC2C3N)cc2nc(-c3cc4ccc(-c5c(F)cc(O)cc5F)nc4n3CC3CC3)n(C)c12. The molecule has 0 spiro atoms. The van der Waals surface area contributed by atoms with Gasteiger partial charge in [-0.1, -0.05) is 0 Å². The molecule has 3 N–H and O–H groups in total. The van der Waals surface area contributed by atoms with Crippen molar-refractivity contribution in [2.45, 2.75) is 44.3 Å². The summed E-state index contributed by atoms with van der Waals surface area (Å²) >= 11 is 0. The Hall–Kier alpha value is -4.51. The van der Waals surface area contributed by atoms with E-state index in [-0.39, 0.29) is 29.2 Å². The Bertz CT molecular complexity index is 1970. The van der Waals surface area contributed by atoms with Gasteiger partial charge in [-0.15, -0.1) is 0 Å². The molecule has 2 saturated carbocycles. The highest BCUT2D eigenvalue weighted by Gasteiger charge is 2.47. The first-order valence-electron chi connectivity index (χ1n) is 15.0. The number of ether oxygens (including phenoxy) is 1. The first-order valence-corrected chi connectivity index (χ1v) is 15.0. The van der Waals surface area contributed by atoms with Crippen molar-refractivity contribution in [3.8, 4) is 34.3 Å². The van der Waals surface area contributed by atoms with Gasteiger partial charge in [0.25, 0.3) is 5.91 Å². The van der Waals surface area contributed by atoms with E-state index in [1.165, 1.54) is 0 Å². The molecule has 5 aromatic rings. The number of carbonyl (C=O) groups is 1. The molecule has 0 radical (unpaired) electrons. The van der Waals surface area contributed by atoms with E-state index in [0.29, 0.717) is 53.2 Å². The number of carbonyl (C=O) groups excluding carboxylic acids is 1. The number of benzene rings is 2. The number of piperidine rings is 1. The summed E-state index contributed by atoms with van der Waals surface area (Å²) in [5.41, 5.74) is 9.52. The number of phenols is 1. The maximum absolute atomic E-state index is 14.8. The number of imidazole rings is 1. The van der Waals surface area contributed by atoms with Crippen LogP contribution in [-0.2, 0) is 13.6 Å². The number of methoxy groups -OCH3 is 1. The maximum Gasteiger partial charge on any atom is 0.254 e. The number of likely N-dealkylation sites (tertiary alicyclic amines) is 1. The van der Waals surface area contributed by atoms with Gasteiger partial charge in [0.15, 0.2) is 5.82 Å². The van der Waals surface area contributed by atoms with Gasteiger partial charge in [0.2, 0.25) is 0 Å². The Kier molecular flexibility index (Phi) is 6.00. The number of phenolic OH excluding ortho intramolecular Hbond substituents is 1. The largest absolute Gasteiger partial charge is 0.508 e. The molecule has 3 aliphatic rings. The summed E-state index contributed by atoms with van der Waals surface area (Å²) in [5.74, 6) is -0.293. The molecule has 3 unspecified atom stereocenters. The van der Waals surface area contributed by atoms with Crippen LogP contribution in [-0.4, -0.2) is 60.8 Å². The van der Waals surface area contributed by atoms with Crippen molar-refractivity contribution in [1.82, 2.24) is 24.0 Å². The fourth-order valence-electron chi connectivity index (χ4n) is 7.27. The fraction of sp³-hybridized carbons (Fsp3) is 0.364. The quantitative estimate of drug-likeness (QED) is 0.277. The third-order valence-corrected chi connectivity index (χ3v) is 9.71. The smallest absolute Gasteiger partial charge is 0.254 e. The Morgan fingerprint density at radius 1 is 1.07 bits per heavy atom. The molecular weight excluding hydrogens is 566 g/mol. The fourth-order valence-corrected chi connectivity index (χ4v) is 7.27. The zero-order valence-electron chi connectivity index (χ0n) is 24.4. The van der Waals surface area contributed by atoms with Crippen molar-refractivity contribution in [1.29, 1.82) is 0 Å². The third kappa shape index (κ3) is 4.09. The molecule has 2 aromatic carbocycles. The van der Waals surface area contributed by atoms with Crippen LogP contribution >= 0.6 is 0 Å². The maximum atomic E-state index is 14.8. The molecule has 226 valence electrons. The van der Waals surface area contributed by atoms with Gasteiger partial charge in [0.1, 0.15) is 34.3 Å². The molecule has 44 heavy (non-hydrogen) atoms. The molecule has 2 aliphatic carbocycles. The predicted octanol–water partition coefficient (Wildman–Crippen LogP) is 5.22. The molecule has 8 rings (SSSR count). The van der Waals surface area contributed by atoms with Crippen LogP contribution in [0.4, 0.5) is 8.78 Å². The second kappa shape index (κ2) is 9.75. The number of halogens is 2. The van der Waals surface area contributed by atoms with Crippen LogP contribution in [0.5, 0.6) is 11.5 Å². The van der Waals surface area contributed by atoms with E-state index < -0.39 is 17.4 Å². The van der Waals surface area contributed by atoms with Crippen molar-refractivity contribution in [3.05, 3.63) is 59.7 Å². The number of hydrogen-bond acceptors (Lipinski definition) is 6. The molecule has 2 bridgehead atoms. The molecule has 1 aliphatic heterocycles. The van der Waals surface area contributed by atoms with E-state index in [1.54, 1.807) is 25.3 Å². The van der Waals surface area contributed by atoms with E-state index >= 15 is 0 Å². The van der Waals surface area contributed by atoms with Crippen LogP contribution in [0, 0.1) is 23.5 Å². The molecule has 4 heterocycles. The number of rotatable bonds is 6. The number of nitrogens with two attached hydrogens (primary N) is 1. The Labute approximate surface area is 251 Å². The van der Waals surface area contributed by atoms with E-state index in [4.69, 9.17) is 20.4 Å². The van der Waals surface area contributed by atoms with Gasteiger partial charge >= 0.3 is 0 Å². The number of aryl methyl sites for hydroxylation is 1. The summed E-state index contributed by atoms with van der Waals surface area (Å²) in [6.07, 6.45) is 4.16. The van der Waals surface area contributed by atoms with Crippen molar-refractivity contribution >= 4 is 28.0 Å². The average molecular weight is 599 g/mol. The van der Waals surface area contributed by atoms with E-state index in [0.717, 1.165) is 54.4 Å². The van der Waals surface area contributed by atoms with Gasteiger partial charge < -0.3 is 29.6 Å². The first-order chi connectivity index (χ1) is 21.2. The van der Waals surface area contributed by atoms with Crippen LogP contribution in [0.25, 0.3) is 44.8 Å². The second-order valence-corrected chi connectivity index (χ2v) is 12.5. The molecule has 1 saturated heterocycles. The van der Waals surface area contributed by atoms with E-state index in [9.17, 15) is 18.7 Å². The molecule has 3 aromatic heterocycles. The Balaban J connectivity index is 1.25. The van der Waals surface area contributed by atoms with Crippen molar-refractivity contribution in [2.24, 2.45) is 24.6 Å². The van der Waals surface area contributed by atoms with Crippen LogP contribution < -0.4 is 10.5 Å². The first kappa shape index (κ1) is 27.1. The van der Waals surface area contributed by atoms with Gasteiger partial charge in [0, 0.05) is 55.3 Å². The number of amides is 1. The highest BCUT2D eigenvalue weighted by Crippen LogP contribution is 2.40. The summed E-state index contributed by atoms with van der Waals surface area (Å²) < 4.78 is 39.4. The molecule has 1 amide bonds. The van der Waals surface area contributed by atoms with Crippen LogP contribution in [0.1, 0.15) is 36.0 Å². The number of nitrogens with zero attached hydrogens (tertiary/aromatic N) is 5. The lowest BCUT2D eigenvalue weighted by Crippen LogP contribution is -2.41. The van der Waals surface area contributed by atoms with Gasteiger partial charge in [0.05, 0.1) is 29.6 Å². The highest BCUT2D eigenvalue weighted by atomic mass is 19.1. The Morgan fingerprint density at radius 2 is 1.84 bits per heavy atom. The van der Waals surface area contributed by atoms with Gasteiger partial charge in [-0.25, -0.2) is 18.7 Å². The summed E-state index contributed by atoms with van der Waals surface area (Å²) in [6, 6.07) is 10.8. The summed E-state index contributed by atoms with van der Waals surface area (Å²) in [6.45, 7) is 1.35. The molecular formula is C33H32F2N6O3. The standard InChI is InChI=1S/C33H32F2N6O3/c1-39-30-24(9-19(11-27(30)44-2)33(43)41-15-18-6-8-25(41)29(18)36)38-32(39)26-10-17-5-7-23(28-21(34)12-20(42)13-22(28)35)37-31(17)40(26)14-16-3-4-16/h5,7,9-13,16,18,25,29,42H,3-4,6,8,14-15,36H2,1-2H3. The predicted molar refractivity (Wildman–Crippen MR) is 161 cm³/mol. The summed E-state index contributed by atoms with van der Waals surface area (Å²) in [4.78, 5) is 25.3. The van der Waals surface area contributed by atoms with Crippen LogP contribution in [0.2, 0.25) is 0 Å². The zero-order valence-corrected chi connectivity index (χ0v) is 24.4. The molecule has 9 nitrogen and oxygen atoms in total. The third-order valence-electron chi connectivity index (χ3n) is 9.71. The topological polar surface area (TPSA) is 111 Å². The lowest BCUT2D eigenvalue weighted by atomic mass is 10.1. The zero-order chi connectivity index (χ0) is 30.4. The van der Waals surface area contributed by atoms with Gasteiger partial charge in [-0.05, 0) is 67.9 Å². The molecule has 3 atom stereocenters. The summed E-state index contributed by atoms with van der Waals surface area (Å²) in [5, 5.41) is 10.4. The number of pyridine rings is 1. The lowest BCUT2D eigenvalue weighted by Gasteiger charge is -2.27. The van der Waals surface area contributed by atoms with Gasteiger partial charge in [-0.3, -0.25) is 4.79 Å². The molecule has 3 fully saturated rings. The van der Waals surface area contributed by atoms with Crippen LogP contribution in [0.3, 0.4) is 0 Å². The second-order valence-electron chi connectivity index (χ2n) is 12.5. The highest BCUT2D eigenvalue weighted by molar-refractivity contribution is 6.00.